The number of ether oxygens (including phenoxy) is 1. The standard InChI is InChI=1S/C7H10FNO3/c1-2-12-6(11)9-7(4-10)3-5(7)8/h4-5H,2-3H2,1H3,(H,9,11)/t5?,7-/m0/s1. The lowest BCUT2D eigenvalue weighted by Crippen LogP contribution is -2.40. The van der Waals surface area contributed by atoms with Gasteiger partial charge in [0.25, 0.3) is 0 Å². The van der Waals surface area contributed by atoms with E-state index in [0.717, 1.165) is 0 Å². The van der Waals surface area contributed by atoms with Crippen molar-refractivity contribution in [2.45, 2.75) is 25.1 Å². The zero-order valence-corrected chi connectivity index (χ0v) is 6.67. The summed E-state index contributed by atoms with van der Waals surface area (Å²) in [5.41, 5.74) is -1.30. The summed E-state index contributed by atoms with van der Waals surface area (Å²) < 4.78 is 17.0. The zero-order chi connectivity index (χ0) is 9.19. The molecule has 0 aromatic rings. The van der Waals surface area contributed by atoms with Crippen LogP contribution in [0.4, 0.5) is 9.18 Å². The quantitative estimate of drug-likeness (QED) is 0.632. The van der Waals surface area contributed by atoms with Crippen molar-refractivity contribution in [1.82, 2.24) is 5.32 Å². The van der Waals surface area contributed by atoms with Crippen molar-refractivity contribution in [2.24, 2.45) is 0 Å². The summed E-state index contributed by atoms with van der Waals surface area (Å²) in [6.07, 6.45) is -1.55. The summed E-state index contributed by atoms with van der Waals surface area (Å²) in [4.78, 5) is 21.1. The van der Waals surface area contributed by atoms with Crippen LogP contribution in [0, 0.1) is 0 Å². The van der Waals surface area contributed by atoms with E-state index in [0.29, 0.717) is 6.29 Å². The smallest absolute Gasteiger partial charge is 0.408 e. The molecule has 0 saturated heterocycles. The normalized spacial score (nSPS) is 32.3. The molecule has 5 heteroatoms. The molecule has 1 rings (SSSR count). The van der Waals surface area contributed by atoms with Gasteiger partial charge in [0.15, 0.2) is 0 Å². The number of amides is 1. The lowest BCUT2D eigenvalue weighted by Gasteiger charge is -2.09. The molecule has 0 aromatic carbocycles. The Hall–Kier alpha value is -1.13. The number of rotatable bonds is 3. The number of hydrogen-bond donors (Lipinski definition) is 1. The molecule has 1 saturated carbocycles. The Labute approximate surface area is 69.1 Å². The van der Waals surface area contributed by atoms with Crippen molar-refractivity contribution >= 4 is 12.4 Å². The minimum absolute atomic E-state index is 0.0509. The molecular formula is C7H10FNO3. The van der Waals surface area contributed by atoms with Crippen molar-refractivity contribution < 1.29 is 18.7 Å². The molecule has 1 fully saturated rings. The average molecular weight is 175 g/mol. The van der Waals surface area contributed by atoms with E-state index in [1.807, 2.05) is 0 Å². The lowest BCUT2D eigenvalue weighted by atomic mass is 10.3. The van der Waals surface area contributed by atoms with Crippen LogP contribution >= 0.6 is 0 Å². The van der Waals surface area contributed by atoms with E-state index < -0.39 is 17.8 Å². The molecule has 2 atom stereocenters. The fourth-order valence-electron chi connectivity index (χ4n) is 0.876. The topological polar surface area (TPSA) is 55.4 Å². The molecule has 1 N–H and O–H groups in total. The summed E-state index contributed by atoms with van der Waals surface area (Å²) in [6, 6.07) is 0. The van der Waals surface area contributed by atoms with Crippen molar-refractivity contribution in [2.75, 3.05) is 6.61 Å². The van der Waals surface area contributed by atoms with E-state index in [-0.39, 0.29) is 13.0 Å². The maximum absolute atomic E-state index is 12.5. The summed E-state index contributed by atoms with van der Waals surface area (Å²) in [6.45, 7) is 1.84. The third-order valence-electron chi connectivity index (χ3n) is 1.74. The first-order valence-electron chi connectivity index (χ1n) is 3.70. The number of halogens is 1. The third kappa shape index (κ3) is 1.54. The predicted molar refractivity (Wildman–Crippen MR) is 38.5 cm³/mol. The van der Waals surface area contributed by atoms with Crippen LogP contribution in [0.2, 0.25) is 0 Å². The molecule has 1 aliphatic carbocycles. The molecule has 1 aliphatic rings. The molecule has 0 bridgehead atoms. The van der Waals surface area contributed by atoms with Gasteiger partial charge in [-0.25, -0.2) is 9.18 Å². The Balaban J connectivity index is 2.40. The highest BCUT2D eigenvalue weighted by molar-refractivity contribution is 5.80. The van der Waals surface area contributed by atoms with Gasteiger partial charge in [0, 0.05) is 6.42 Å². The second kappa shape index (κ2) is 3.08. The molecule has 1 unspecified atom stereocenters. The number of alkyl halides is 1. The zero-order valence-electron chi connectivity index (χ0n) is 6.67. The first-order chi connectivity index (χ1) is 5.64. The minimum atomic E-state index is -1.30. The SMILES string of the molecule is CCOC(=O)N[C@]1(C=O)CC1F. The number of carbonyl (C=O) groups is 2. The van der Waals surface area contributed by atoms with Crippen LogP contribution in [-0.2, 0) is 9.53 Å². The van der Waals surface area contributed by atoms with E-state index in [2.05, 4.69) is 10.1 Å². The highest BCUT2D eigenvalue weighted by atomic mass is 19.1. The van der Waals surface area contributed by atoms with Crippen molar-refractivity contribution in [3.05, 3.63) is 0 Å². The second-order valence-corrected chi connectivity index (χ2v) is 2.68. The van der Waals surface area contributed by atoms with E-state index >= 15 is 0 Å². The largest absolute Gasteiger partial charge is 0.450 e. The summed E-state index contributed by atoms with van der Waals surface area (Å²) in [7, 11) is 0. The Kier molecular flexibility index (Phi) is 2.30. The predicted octanol–water partition coefficient (Wildman–Crippen LogP) is 0.412. The van der Waals surface area contributed by atoms with Crippen LogP contribution in [0.1, 0.15) is 13.3 Å². The lowest BCUT2D eigenvalue weighted by molar-refractivity contribution is -0.110. The molecule has 0 spiro atoms. The molecule has 0 aliphatic heterocycles. The minimum Gasteiger partial charge on any atom is -0.450 e. The van der Waals surface area contributed by atoms with Crippen LogP contribution in [0.5, 0.6) is 0 Å². The fraction of sp³-hybridized carbons (Fsp3) is 0.714. The Bertz CT molecular complexity index is 209. The molecular weight excluding hydrogens is 165 g/mol. The fourth-order valence-corrected chi connectivity index (χ4v) is 0.876. The summed E-state index contributed by atoms with van der Waals surface area (Å²) in [5, 5.41) is 2.16. The Morgan fingerprint density at radius 1 is 1.92 bits per heavy atom. The summed E-state index contributed by atoms with van der Waals surface area (Å²) in [5.74, 6) is 0. The van der Waals surface area contributed by atoms with Gasteiger partial charge in [-0.05, 0) is 6.92 Å². The van der Waals surface area contributed by atoms with Crippen molar-refractivity contribution in [3.8, 4) is 0 Å². The monoisotopic (exact) mass is 175 g/mol. The van der Waals surface area contributed by atoms with Crippen molar-refractivity contribution in [1.29, 1.82) is 0 Å². The van der Waals surface area contributed by atoms with Gasteiger partial charge in [-0.2, -0.15) is 0 Å². The van der Waals surface area contributed by atoms with Gasteiger partial charge in [-0.3, -0.25) is 0 Å². The van der Waals surface area contributed by atoms with E-state index in [9.17, 15) is 14.0 Å². The highest BCUT2D eigenvalue weighted by Gasteiger charge is 2.57. The molecule has 0 radical (unpaired) electrons. The van der Waals surface area contributed by atoms with Gasteiger partial charge in [0.2, 0.25) is 0 Å². The van der Waals surface area contributed by atoms with Crippen LogP contribution in [-0.4, -0.2) is 30.7 Å². The van der Waals surface area contributed by atoms with E-state index in [4.69, 9.17) is 0 Å². The molecule has 68 valence electrons. The third-order valence-corrected chi connectivity index (χ3v) is 1.74. The second-order valence-electron chi connectivity index (χ2n) is 2.68. The number of nitrogens with one attached hydrogen (secondary N) is 1. The average Bonchev–Trinajstić information content (AvgIpc) is 2.63. The van der Waals surface area contributed by atoms with Crippen LogP contribution < -0.4 is 5.32 Å². The van der Waals surface area contributed by atoms with Crippen LogP contribution in [0.25, 0.3) is 0 Å². The molecule has 0 aromatic heterocycles. The van der Waals surface area contributed by atoms with Gasteiger partial charge >= 0.3 is 6.09 Å². The van der Waals surface area contributed by atoms with Gasteiger partial charge in [-0.1, -0.05) is 0 Å². The first kappa shape index (κ1) is 8.96. The molecule has 1 amide bonds. The van der Waals surface area contributed by atoms with Crippen LogP contribution in [0.3, 0.4) is 0 Å². The maximum Gasteiger partial charge on any atom is 0.408 e. The Morgan fingerprint density at radius 2 is 2.50 bits per heavy atom. The van der Waals surface area contributed by atoms with Gasteiger partial charge in [-0.15, -0.1) is 0 Å². The molecule has 0 heterocycles. The van der Waals surface area contributed by atoms with E-state index in [1.54, 1.807) is 6.92 Å². The Morgan fingerprint density at radius 3 is 2.83 bits per heavy atom. The van der Waals surface area contributed by atoms with Crippen molar-refractivity contribution in [3.63, 3.8) is 0 Å². The number of alkyl carbamates (subject to hydrolysis) is 1. The van der Waals surface area contributed by atoms with Crippen LogP contribution in [0.15, 0.2) is 0 Å². The van der Waals surface area contributed by atoms with Gasteiger partial charge in [0.1, 0.15) is 18.0 Å². The van der Waals surface area contributed by atoms with Gasteiger partial charge in [0.05, 0.1) is 6.61 Å². The highest BCUT2D eigenvalue weighted by Crippen LogP contribution is 2.37. The number of carbonyl (C=O) groups excluding carboxylic acids is 2. The number of aldehydes is 1. The summed E-state index contributed by atoms with van der Waals surface area (Å²) >= 11 is 0. The van der Waals surface area contributed by atoms with Gasteiger partial charge < -0.3 is 14.8 Å². The molecule has 12 heavy (non-hydrogen) atoms. The number of hydrogen-bond acceptors (Lipinski definition) is 3. The first-order valence-corrected chi connectivity index (χ1v) is 3.70. The van der Waals surface area contributed by atoms with E-state index in [1.165, 1.54) is 0 Å². The molecule has 4 nitrogen and oxygen atoms in total. The maximum atomic E-state index is 12.5.